The summed E-state index contributed by atoms with van der Waals surface area (Å²) in [5, 5.41) is 2.52. The quantitative estimate of drug-likeness (QED) is 0.168. The van der Waals surface area contributed by atoms with Crippen molar-refractivity contribution in [3.8, 4) is 50.2 Å². The first kappa shape index (κ1) is 34.7. The zero-order valence-electron chi connectivity index (χ0n) is 34.5. The van der Waals surface area contributed by atoms with E-state index >= 15 is 0 Å². The van der Waals surface area contributed by atoms with E-state index in [0.29, 0.717) is 0 Å². The number of hydrogen-bond donors (Lipinski definition) is 0. The molecule has 1 nitrogen and oxygen atoms in total. The van der Waals surface area contributed by atoms with E-state index in [0.717, 1.165) is 5.69 Å². The third-order valence-corrected chi connectivity index (χ3v) is 14.7. The van der Waals surface area contributed by atoms with Crippen LogP contribution in [0, 0.1) is 0 Å². The van der Waals surface area contributed by atoms with Gasteiger partial charge in [-0.1, -0.05) is 218 Å². The molecule has 0 amide bonds. The Bertz CT molecular complexity index is 3590. The van der Waals surface area contributed by atoms with E-state index in [1.165, 1.54) is 111 Å². The molecule has 3 aliphatic rings. The minimum Gasteiger partial charge on any atom is -0.309 e. The minimum absolute atomic E-state index is 0.521. The monoisotopic (exact) mass is 797 g/mol. The van der Waals surface area contributed by atoms with Gasteiger partial charge >= 0.3 is 0 Å². The first-order chi connectivity index (χ1) is 31.3. The molecule has 0 unspecified atom stereocenters. The molecule has 63 heavy (non-hydrogen) atoms. The molecule has 0 radical (unpaired) electrons. The van der Waals surface area contributed by atoms with Crippen LogP contribution in [0.2, 0.25) is 0 Å². The molecule has 0 saturated heterocycles. The maximum Gasteiger partial charge on any atom is 0.0725 e. The van der Waals surface area contributed by atoms with E-state index in [9.17, 15) is 0 Å². The second-order valence-electron chi connectivity index (χ2n) is 17.4. The van der Waals surface area contributed by atoms with E-state index in [1.807, 2.05) is 0 Å². The van der Waals surface area contributed by atoms with Gasteiger partial charge < -0.3 is 4.57 Å². The van der Waals surface area contributed by atoms with Crippen LogP contribution in [0.5, 0.6) is 0 Å². The van der Waals surface area contributed by atoms with Gasteiger partial charge in [0.15, 0.2) is 0 Å². The van der Waals surface area contributed by atoms with E-state index in [4.69, 9.17) is 0 Å². The van der Waals surface area contributed by atoms with Crippen molar-refractivity contribution in [2.75, 3.05) is 0 Å². The van der Waals surface area contributed by atoms with Crippen LogP contribution in [0.25, 0.3) is 72.0 Å². The average molecular weight is 798 g/mol. The van der Waals surface area contributed by atoms with Gasteiger partial charge in [0.2, 0.25) is 0 Å². The highest BCUT2D eigenvalue weighted by molar-refractivity contribution is 6.14. The number of fused-ring (bicyclic) bond motifs is 19. The average Bonchev–Trinajstić information content (AvgIpc) is 3.97. The van der Waals surface area contributed by atoms with Gasteiger partial charge in [0, 0.05) is 22.0 Å². The molecule has 0 saturated carbocycles. The van der Waals surface area contributed by atoms with Crippen LogP contribution in [-0.2, 0) is 10.8 Å². The van der Waals surface area contributed by atoms with Crippen molar-refractivity contribution in [3.63, 3.8) is 0 Å². The lowest BCUT2D eigenvalue weighted by molar-refractivity contribution is 0.634. The summed E-state index contributed by atoms with van der Waals surface area (Å²) in [6, 6.07) is 89.1. The predicted octanol–water partition coefficient (Wildman–Crippen LogP) is 15.2. The van der Waals surface area contributed by atoms with Crippen molar-refractivity contribution in [2.45, 2.75) is 10.8 Å². The molecule has 10 aromatic carbocycles. The topological polar surface area (TPSA) is 4.93 Å². The van der Waals surface area contributed by atoms with Crippen LogP contribution in [0.4, 0.5) is 0 Å². The summed E-state index contributed by atoms with van der Waals surface area (Å²) in [6.45, 7) is 0. The van der Waals surface area contributed by atoms with Crippen LogP contribution in [0.1, 0.15) is 44.5 Å². The van der Waals surface area contributed by atoms with Gasteiger partial charge in [-0.15, -0.1) is 0 Å². The second kappa shape index (κ2) is 12.8. The van der Waals surface area contributed by atoms with Crippen molar-refractivity contribution >= 4 is 21.8 Å². The third kappa shape index (κ3) is 4.31. The number of rotatable bonds is 3. The zero-order chi connectivity index (χ0) is 41.3. The van der Waals surface area contributed by atoms with Crippen molar-refractivity contribution in [2.24, 2.45) is 0 Å². The summed E-state index contributed by atoms with van der Waals surface area (Å²) in [4.78, 5) is 0. The van der Waals surface area contributed by atoms with Gasteiger partial charge in [0.25, 0.3) is 0 Å². The highest BCUT2D eigenvalue weighted by Gasteiger charge is 2.59. The minimum atomic E-state index is -0.561. The normalized spacial score (nSPS) is 14.3. The smallest absolute Gasteiger partial charge is 0.0725 e. The third-order valence-electron chi connectivity index (χ3n) is 14.7. The maximum absolute atomic E-state index is 2.45. The van der Waals surface area contributed by atoms with Gasteiger partial charge in [0.05, 0.1) is 21.9 Å². The summed E-state index contributed by atoms with van der Waals surface area (Å²) in [6.07, 6.45) is 0. The lowest BCUT2D eigenvalue weighted by Gasteiger charge is -2.49. The first-order valence-corrected chi connectivity index (χ1v) is 22.1. The van der Waals surface area contributed by atoms with Gasteiger partial charge in [-0.3, -0.25) is 0 Å². The molecule has 2 spiro atoms. The lowest BCUT2D eigenvalue weighted by Crippen LogP contribution is -2.44. The molecule has 292 valence electrons. The number of para-hydroxylation sites is 3. The number of nitrogens with zero attached hydrogens (tertiary/aromatic N) is 1. The van der Waals surface area contributed by atoms with E-state index in [2.05, 4.69) is 241 Å². The van der Waals surface area contributed by atoms with Gasteiger partial charge in [-0.2, -0.15) is 0 Å². The molecule has 1 heteroatoms. The fourth-order valence-electron chi connectivity index (χ4n) is 12.5. The van der Waals surface area contributed by atoms with E-state index in [-0.39, 0.29) is 0 Å². The molecule has 14 rings (SSSR count). The Morgan fingerprint density at radius 3 is 1.25 bits per heavy atom. The van der Waals surface area contributed by atoms with Gasteiger partial charge in [0.1, 0.15) is 0 Å². The summed E-state index contributed by atoms with van der Waals surface area (Å²) in [7, 11) is 0. The molecule has 11 aromatic rings. The SMILES string of the molecule is c1ccc(-n2c3ccccc3c3cccc(-c4ccc(-c5cccc6c5C5(c7ccccc7-c7ccccc75)c5ccccc5C65c6ccccc6-c6ccccc65)cc4)c32)cc1. The number of benzene rings is 10. The Balaban J connectivity index is 1.07. The van der Waals surface area contributed by atoms with Crippen molar-refractivity contribution < 1.29 is 0 Å². The number of aromatic nitrogens is 1. The fourth-order valence-corrected chi connectivity index (χ4v) is 12.5. The molecular weight excluding hydrogens is 759 g/mol. The summed E-state index contributed by atoms with van der Waals surface area (Å²) in [5.74, 6) is 0. The molecule has 1 aromatic heterocycles. The zero-order valence-corrected chi connectivity index (χ0v) is 34.5. The summed E-state index contributed by atoms with van der Waals surface area (Å²) in [5.41, 5.74) is 23.5. The maximum atomic E-state index is 2.45. The van der Waals surface area contributed by atoms with Crippen LogP contribution < -0.4 is 0 Å². The van der Waals surface area contributed by atoms with Crippen LogP contribution >= 0.6 is 0 Å². The number of hydrogen-bond acceptors (Lipinski definition) is 0. The molecule has 1 heterocycles. The Labute approximate surface area is 366 Å². The first-order valence-electron chi connectivity index (χ1n) is 22.1. The van der Waals surface area contributed by atoms with Crippen molar-refractivity contribution in [3.05, 3.63) is 281 Å². The van der Waals surface area contributed by atoms with E-state index in [1.54, 1.807) is 0 Å². The van der Waals surface area contributed by atoms with Crippen LogP contribution in [-0.4, -0.2) is 4.57 Å². The largest absolute Gasteiger partial charge is 0.309 e. The van der Waals surface area contributed by atoms with Crippen molar-refractivity contribution in [1.82, 2.24) is 4.57 Å². The van der Waals surface area contributed by atoms with Crippen LogP contribution in [0.3, 0.4) is 0 Å². The van der Waals surface area contributed by atoms with Gasteiger partial charge in [-0.05, 0) is 102 Å². The molecule has 0 fully saturated rings. The standard InChI is InChI=1S/C62H39N/c1-2-18-42(19-3-1)63-58-35-15-8-24-49(58)50-27-16-26-44(60(50)63)41-38-36-40(37-39-41)43-25-17-34-57-59(43)62(53-30-11-6-22-47(53)48-23-7-12-31-54(48)62)56-33-14-13-32-55(56)61(57)51-28-9-4-20-45(51)46-21-5-10-29-52(46)61/h1-39H. The van der Waals surface area contributed by atoms with Gasteiger partial charge in [-0.25, -0.2) is 0 Å². The molecule has 3 aliphatic carbocycles. The highest BCUT2D eigenvalue weighted by atomic mass is 15.0. The van der Waals surface area contributed by atoms with E-state index < -0.39 is 10.8 Å². The Morgan fingerprint density at radius 2 is 0.651 bits per heavy atom. The molecular formula is C62H39N. The Morgan fingerprint density at radius 1 is 0.254 bits per heavy atom. The lowest BCUT2D eigenvalue weighted by atomic mass is 9.51. The summed E-state index contributed by atoms with van der Waals surface area (Å²) >= 11 is 0. The Hall–Kier alpha value is -8.00. The second-order valence-corrected chi connectivity index (χ2v) is 17.4. The fraction of sp³-hybridized carbons (Fsp3) is 0.0323. The highest BCUT2D eigenvalue weighted by Crippen LogP contribution is 2.68. The molecule has 0 N–H and O–H groups in total. The molecule has 0 aliphatic heterocycles. The van der Waals surface area contributed by atoms with Crippen LogP contribution in [0.15, 0.2) is 237 Å². The Kier molecular flexibility index (Phi) is 7.03. The summed E-state index contributed by atoms with van der Waals surface area (Å²) < 4.78 is 2.44. The van der Waals surface area contributed by atoms with Crippen molar-refractivity contribution in [1.29, 1.82) is 0 Å². The molecule has 0 bridgehead atoms. The predicted molar refractivity (Wildman–Crippen MR) is 260 cm³/mol. The molecule has 0 atom stereocenters.